The van der Waals surface area contributed by atoms with Crippen LogP contribution < -0.4 is 5.32 Å². The molecular formula is C16H25N3OS. The van der Waals surface area contributed by atoms with Gasteiger partial charge in [-0.1, -0.05) is 38.6 Å². The van der Waals surface area contributed by atoms with Crippen molar-refractivity contribution in [3.05, 3.63) is 30.1 Å². The van der Waals surface area contributed by atoms with Crippen molar-refractivity contribution >= 4 is 17.4 Å². The van der Waals surface area contributed by atoms with Crippen LogP contribution in [0.2, 0.25) is 0 Å². The number of aliphatic hydroxyl groups excluding tert-OH is 1. The zero-order chi connectivity index (χ0) is 15.4. The van der Waals surface area contributed by atoms with Crippen LogP contribution >= 0.6 is 11.8 Å². The monoisotopic (exact) mass is 307 g/mol. The molecule has 0 aromatic carbocycles. The van der Waals surface area contributed by atoms with Gasteiger partial charge >= 0.3 is 0 Å². The van der Waals surface area contributed by atoms with Gasteiger partial charge in [0.15, 0.2) is 0 Å². The van der Waals surface area contributed by atoms with Crippen LogP contribution in [0.3, 0.4) is 0 Å². The lowest BCUT2D eigenvalue weighted by molar-refractivity contribution is 0.196. The van der Waals surface area contributed by atoms with Crippen molar-refractivity contribution in [3.8, 4) is 0 Å². The highest BCUT2D eigenvalue weighted by Crippen LogP contribution is 2.28. The molecule has 0 fully saturated rings. The first-order chi connectivity index (χ1) is 9.99. The fourth-order valence-corrected chi connectivity index (χ4v) is 3.04. The SMILES string of the molecule is CC(C)CNCc1c(SC(C)C(C)O)nc2ccccn12. The smallest absolute Gasteiger partial charge is 0.138 e. The average Bonchev–Trinajstić information content (AvgIpc) is 2.76. The van der Waals surface area contributed by atoms with Crippen LogP contribution in [0.4, 0.5) is 0 Å². The summed E-state index contributed by atoms with van der Waals surface area (Å²) in [7, 11) is 0. The zero-order valence-corrected chi connectivity index (χ0v) is 14.0. The molecule has 2 aromatic heterocycles. The summed E-state index contributed by atoms with van der Waals surface area (Å²) >= 11 is 1.64. The first-order valence-corrected chi connectivity index (χ1v) is 8.38. The highest BCUT2D eigenvalue weighted by molar-refractivity contribution is 7.99. The lowest BCUT2D eigenvalue weighted by Crippen LogP contribution is -2.21. The Kier molecular flexibility index (Phi) is 5.67. The Morgan fingerprint density at radius 1 is 1.29 bits per heavy atom. The van der Waals surface area contributed by atoms with E-state index in [9.17, 15) is 5.11 Å². The van der Waals surface area contributed by atoms with E-state index < -0.39 is 0 Å². The Morgan fingerprint density at radius 2 is 2.05 bits per heavy atom. The lowest BCUT2D eigenvalue weighted by Gasteiger charge is -2.14. The van der Waals surface area contributed by atoms with Gasteiger partial charge in [0.25, 0.3) is 0 Å². The maximum absolute atomic E-state index is 9.73. The van der Waals surface area contributed by atoms with Crippen molar-refractivity contribution in [2.75, 3.05) is 6.54 Å². The first kappa shape index (κ1) is 16.3. The van der Waals surface area contributed by atoms with E-state index in [1.807, 2.05) is 38.2 Å². The van der Waals surface area contributed by atoms with Gasteiger partial charge in [0.1, 0.15) is 10.7 Å². The van der Waals surface area contributed by atoms with Gasteiger partial charge in [-0.05, 0) is 31.5 Å². The number of aromatic nitrogens is 2. The second-order valence-electron chi connectivity index (χ2n) is 5.88. The van der Waals surface area contributed by atoms with Gasteiger partial charge in [-0.25, -0.2) is 4.98 Å². The van der Waals surface area contributed by atoms with E-state index in [1.165, 1.54) is 5.69 Å². The molecule has 0 bridgehead atoms. The van der Waals surface area contributed by atoms with Crippen molar-refractivity contribution in [2.24, 2.45) is 5.92 Å². The van der Waals surface area contributed by atoms with Crippen LogP contribution in [0, 0.1) is 5.92 Å². The van der Waals surface area contributed by atoms with Crippen molar-refractivity contribution in [2.45, 2.75) is 50.6 Å². The molecule has 5 heteroatoms. The minimum absolute atomic E-state index is 0.124. The number of hydrogen-bond acceptors (Lipinski definition) is 4. The van der Waals surface area contributed by atoms with Crippen LogP contribution in [0.25, 0.3) is 5.65 Å². The summed E-state index contributed by atoms with van der Waals surface area (Å²) in [6.07, 6.45) is 1.70. The molecule has 2 heterocycles. The Hall–Kier alpha value is -1.04. The number of thioether (sulfide) groups is 1. The molecule has 0 aliphatic carbocycles. The molecule has 0 saturated heterocycles. The number of nitrogens with one attached hydrogen (secondary N) is 1. The number of nitrogens with zero attached hydrogens (tertiary/aromatic N) is 2. The van der Waals surface area contributed by atoms with Crippen LogP contribution in [0.5, 0.6) is 0 Å². The molecule has 0 saturated carbocycles. The van der Waals surface area contributed by atoms with E-state index >= 15 is 0 Å². The Bertz CT molecular complexity index is 580. The maximum Gasteiger partial charge on any atom is 0.138 e. The predicted molar refractivity (Wildman–Crippen MR) is 88.7 cm³/mol. The van der Waals surface area contributed by atoms with Gasteiger partial charge in [-0.15, -0.1) is 0 Å². The molecular weight excluding hydrogens is 282 g/mol. The molecule has 2 rings (SSSR count). The molecule has 0 radical (unpaired) electrons. The second kappa shape index (κ2) is 7.29. The first-order valence-electron chi connectivity index (χ1n) is 7.50. The van der Waals surface area contributed by atoms with Gasteiger partial charge in [0, 0.05) is 18.0 Å². The third-order valence-corrected chi connectivity index (χ3v) is 4.73. The third kappa shape index (κ3) is 4.22. The van der Waals surface area contributed by atoms with Crippen molar-refractivity contribution < 1.29 is 5.11 Å². The number of hydrogen-bond donors (Lipinski definition) is 2. The number of imidazole rings is 1. The summed E-state index contributed by atoms with van der Waals surface area (Å²) < 4.78 is 2.13. The fraction of sp³-hybridized carbons (Fsp3) is 0.562. The zero-order valence-electron chi connectivity index (χ0n) is 13.2. The van der Waals surface area contributed by atoms with Crippen LogP contribution in [0.15, 0.2) is 29.4 Å². The van der Waals surface area contributed by atoms with E-state index in [0.717, 1.165) is 23.8 Å². The molecule has 2 aromatic rings. The van der Waals surface area contributed by atoms with Crippen LogP contribution in [-0.4, -0.2) is 32.4 Å². The molecule has 0 aliphatic heterocycles. The summed E-state index contributed by atoms with van der Waals surface area (Å²) in [6.45, 7) is 10.0. The van der Waals surface area contributed by atoms with Gasteiger partial charge in [0.2, 0.25) is 0 Å². The minimum Gasteiger partial charge on any atom is -0.392 e. The number of pyridine rings is 1. The van der Waals surface area contributed by atoms with Gasteiger partial charge in [-0.2, -0.15) is 0 Å². The highest BCUT2D eigenvalue weighted by Gasteiger charge is 2.17. The van der Waals surface area contributed by atoms with Crippen molar-refractivity contribution in [3.63, 3.8) is 0 Å². The minimum atomic E-state index is -0.351. The van der Waals surface area contributed by atoms with E-state index in [1.54, 1.807) is 11.8 Å². The number of rotatable bonds is 7. The molecule has 21 heavy (non-hydrogen) atoms. The Labute approximate surface area is 131 Å². The fourth-order valence-electron chi connectivity index (χ4n) is 2.03. The van der Waals surface area contributed by atoms with E-state index in [-0.39, 0.29) is 11.4 Å². The second-order valence-corrected chi connectivity index (χ2v) is 7.25. The Balaban J connectivity index is 2.25. The molecule has 0 spiro atoms. The topological polar surface area (TPSA) is 49.6 Å². The molecule has 0 amide bonds. The summed E-state index contributed by atoms with van der Waals surface area (Å²) in [5.74, 6) is 0.622. The highest BCUT2D eigenvalue weighted by atomic mass is 32.2. The van der Waals surface area contributed by atoms with Gasteiger partial charge in [-0.3, -0.25) is 0 Å². The molecule has 0 aliphatic rings. The van der Waals surface area contributed by atoms with Crippen molar-refractivity contribution in [1.29, 1.82) is 0 Å². The van der Waals surface area contributed by atoms with Crippen LogP contribution in [-0.2, 0) is 6.54 Å². The average molecular weight is 307 g/mol. The third-order valence-electron chi connectivity index (χ3n) is 3.41. The normalized spacial score (nSPS) is 14.8. The molecule has 2 unspecified atom stereocenters. The molecule has 4 nitrogen and oxygen atoms in total. The summed E-state index contributed by atoms with van der Waals surface area (Å²) in [6, 6.07) is 6.04. The quantitative estimate of drug-likeness (QED) is 0.772. The predicted octanol–water partition coefficient (Wildman–Crippen LogP) is 2.94. The van der Waals surface area contributed by atoms with E-state index in [4.69, 9.17) is 4.98 Å². The summed E-state index contributed by atoms with van der Waals surface area (Å²) in [5, 5.41) is 14.3. The molecule has 2 N–H and O–H groups in total. The summed E-state index contributed by atoms with van der Waals surface area (Å²) in [4.78, 5) is 4.71. The summed E-state index contributed by atoms with van der Waals surface area (Å²) in [5.41, 5.74) is 2.13. The van der Waals surface area contributed by atoms with Crippen molar-refractivity contribution in [1.82, 2.24) is 14.7 Å². The van der Waals surface area contributed by atoms with Crippen LogP contribution in [0.1, 0.15) is 33.4 Å². The largest absolute Gasteiger partial charge is 0.392 e. The molecule has 2 atom stereocenters. The van der Waals surface area contributed by atoms with Gasteiger partial charge in [0.05, 0.1) is 11.8 Å². The molecule has 116 valence electrons. The van der Waals surface area contributed by atoms with E-state index in [0.29, 0.717) is 5.92 Å². The number of fused-ring (bicyclic) bond motifs is 1. The Morgan fingerprint density at radius 3 is 2.71 bits per heavy atom. The maximum atomic E-state index is 9.73. The number of aliphatic hydroxyl groups is 1. The standard InChI is InChI=1S/C16H25N3OS/c1-11(2)9-17-10-14-16(21-13(4)12(3)20)18-15-7-5-6-8-19(14)15/h5-8,11-13,17,20H,9-10H2,1-4H3. The van der Waals surface area contributed by atoms with E-state index in [2.05, 4.69) is 23.6 Å². The van der Waals surface area contributed by atoms with Gasteiger partial charge < -0.3 is 14.8 Å². The lowest BCUT2D eigenvalue weighted by atomic mass is 10.2.